The summed E-state index contributed by atoms with van der Waals surface area (Å²) in [6.07, 6.45) is 1.07. The molecule has 1 aromatic rings. The van der Waals surface area contributed by atoms with Gasteiger partial charge in [0.25, 0.3) is 0 Å². The van der Waals surface area contributed by atoms with Crippen LogP contribution in [-0.4, -0.2) is 122 Å². The Hall–Kier alpha value is -3.26. The van der Waals surface area contributed by atoms with E-state index >= 15 is 0 Å². The molecule has 1 aliphatic carbocycles. The zero-order chi connectivity index (χ0) is 43.8. The summed E-state index contributed by atoms with van der Waals surface area (Å²) in [4.78, 5) is 73.0. The van der Waals surface area contributed by atoms with Gasteiger partial charge in [0.05, 0.1) is 42.7 Å². The van der Waals surface area contributed by atoms with Gasteiger partial charge < -0.3 is 40.0 Å². The number of ether oxygens (including phenoxy) is 3. The number of methoxy groups -OCH3 is 2. The first-order chi connectivity index (χ1) is 27.1. The standard InChI is InChI=1S/C44H72ClN5O8/c1-15-26(6)38(49(12)42(54)37(25(4)5)48-41(53)36(46-11)24(2)3)34(56-13)23-35(51)50-32-21-29(32)22-33(50)39(57-14)27(7)40(52)47-31(43(55)58-44(8,9)10)20-28-18-16-17-19-30(28)45/h16-19,24-27,29,31-34,36-39,46H,15,20-23H2,1-14H3,(H,47,52)(H,48,53)/t26-,27+,29-,31?,32?,33-,34?,36-,37-,38?,39+/m0/s1. The van der Waals surface area contributed by atoms with Crippen LogP contribution in [0.25, 0.3) is 0 Å². The number of carbonyl (C=O) groups is 5. The number of likely N-dealkylation sites (N-methyl/N-ethyl adjacent to an activating group) is 2. The number of likely N-dealkylation sites (tertiary alicyclic amines) is 1. The van der Waals surface area contributed by atoms with Gasteiger partial charge in [-0.3, -0.25) is 19.2 Å². The Labute approximate surface area is 352 Å². The molecule has 13 nitrogen and oxygen atoms in total. The fourth-order valence-corrected chi connectivity index (χ4v) is 8.72. The maximum atomic E-state index is 14.5. The molecule has 2 aliphatic rings. The van der Waals surface area contributed by atoms with Crippen molar-refractivity contribution in [3.8, 4) is 0 Å². The molecule has 0 aromatic heterocycles. The van der Waals surface area contributed by atoms with Gasteiger partial charge in [0.15, 0.2) is 0 Å². The summed E-state index contributed by atoms with van der Waals surface area (Å²) >= 11 is 6.45. The lowest BCUT2D eigenvalue weighted by molar-refractivity contribution is -0.159. The zero-order valence-electron chi connectivity index (χ0n) is 37.4. The number of hydrogen-bond donors (Lipinski definition) is 3. The monoisotopic (exact) mass is 834 g/mol. The molecule has 3 rings (SSSR count). The molecule has 14 heteroatoms. The highest BCUT2D eigenvalue weighted by Gasteiger charge is 2.57. The van der Waals surface area contributed by atoms with E-state index in [1.807, 2.05) is 58.6 Å². The molecular weight excluding hydrogens is 762 g/mol. The first kappa shape index (κ1) is 49.1. The largest absolute Gasteiger partial charge is 0.458 e. The number of benzene rings is 1. The van der Waals surface area contributed by atoms with Crippen LogP contribution in [0.2, 0.25) is 5.02 Å². The summed E-state index contributed by atoms with van der Waals surface area (Å²) in [5, 5.41) is 9.44. The van der Waals surface area contributed by atoms with Crippen molar-refractivity contribution in [2.24, 2.45) is 29.6 Å². The molecule has 1 saturated heterocycles. The summed E-state index contributed by atoms with van der Waals surface area (Å²) in [7, 11) is 6.55. The van der Waals surface area contributed by atoms with Gasteiger partial charge in [0.2, 0.25) is 23.6 Å². The number of halogens is 1. The summed E-state index contributed by atoms with van der Waals surface area (Å²) in [5.74, 6) is -2.29. The van der Waals surface area contributed by atoms with Crippen molar-refractivity contribution in [2.75, 3.05) is 28.3 Å². The number of rotatable bonds is 21. The van der Waals surface area contributed by atoms with Crippen LogP contribution in [0.1, 0.15) is 100 Å². The molecule has 4 unspecified atom stereocenters. The Morgan fingerprint density at radius 1 is 0.914 bits per heavy atom. The number of piperidine rings is 1. The van der Waals surface area contributed by atoms with Crippen molar-refractivity contribution in [3.63, 3.8) is 0 Å². The minimum Gasteiger partial charge on any atom is -0.458 e. The van der Waals surface area contributed by atoms with Gasteiger partial charge >= 0.3 is 5.97 Å². The Kier molecular flexibility index (Phi) is 18.0. The molecule has 0 bridgehead atoms. The summed E-state index contributed by atoms with van der Waals surface area (Å²) in [5.41, 5.74) is -0.0869. The van der Waals surface area contributed by atoms with Crippen molar-refractivity contribution >= 4 is 41.2 Å². The van der Waals surface area contributed by atoms with Gasteiger partial charge in [-0.25, -0.2) is 4.79 Å². The average Bonchev–Trinajstić information content (AvgIpc) is 3.81. The minimum absolute atomic E-state index is 0.00624. The summed E-state index contributed by atoms with van der Waals surface area (Å²) in [6, 6.07) is 4.05. The predicted molar refractivity (Wildman–Crippen MR) is 226 cm³/mol. The van der Waals surface area contributed by atoms with Crippen LogP contribution in [0, 0.1) is 29.6 Å². The van der Waals surface area contributed by atoms with Crippen LogP contribution in [-0.2, 0) is 44.6 Å². The third-order valence-corrected chi connectivity index (χ3v) is 12.3. The second-order valence-corrected chi connectivity index (χ2v) is 18.5. The Bertz CT molecular complexity index is 1570. The highest BCUT2D eigenvalue weighted by Crippen LogP contribution is 2.50. The van der Waals surface area contributed by atoms with Gasteiger partial charge in [0.1, 0.15) is 17.7 Å². The van der Waals surface area contributed by atoms with E-state index in [-0.39, 0.29) is 60.3 Å². The first-order valence-corrected chi connectivity index (χ1v) is 21.4. The Morgan fingerprint density at radius 2 is 1.53 bits per heavy atom. The van der Waals surface area contributed by atoms with Crippen molar-refractivity contribution in [1.82, 2.24) is 25.8 Å². The number of fused-ring (bicyclic) bond motifs is 1. The number of amides is 4. The van der Waals surface area contributed by atoms with Gasteiger partial charge in [-0.2, -0.15) is 0 Å². The Morgan fingerprint density at radius 3 is 2.05 bits per heavy atom. The number of carbonyl (C=O) groups excluding carboxylic acids is 5. The topological polar surface area (TPSA) is 156 Å². The average molecular weight is 835 g/mol. The second kappa shape index (κ2) is 21.3. The van der Waals surface area contributed by atoms with Crippen LogP contribution in [0.4, 0.5) is 0 Å². The SMILES string of the molecule is CC[C@H](C)C(C(CC(=O)N1C2C[C@H]2C[C@H]1[C@H](OC)[C@@H](C)C(=O)NC(Cc1ccccc1Cl)C(=O)OC(C)(C)C)OC)N(C)C(=O)[C@@H](NC(=O)[C@@H](NC)C(C)C)C(C)C. The van der Waals surface area contributed by atoms with E-state index in [1.54, 1.807) is 65.9 Å². The van der Waals surface area contributed by atoms with Gasteiger partial charge in [0, 0.05) is 38.8 Å². The maximum Gasteiger partial charge on any atom is 0.329 e. The third-order valence-electron chi connectivity index (χ3n) is 12.0. The van der Waals surface area contributed by atoms with Crippen LogP contribution in [0.3, 0.4) is 0 Å². The first-order valence-electron chi connectivity index (χ1n) is 21.0. The van der Waals surface area contributed by atoms with E-state index in [4.69, 9.17) is 25.8 Å². The van der Waals surface area contributed by atoms with E-state index in [0.29, 0.717) is 17.0 Å². The van der Waals surface area contributed by atoms with E-state index in [9.17, 15) is 24.0 Å². The smallest absolute Gasteiger partial charge is 0.329 e. The quantitative estimate of drug-likeness (QED) is 0.145. The van der Waals surface area contributed by atoms with Crippen molar-refractivity contribution in [1.29, 1.82) is 0 Å². The van der Waals surface area contributed by atoms with Crippen molar-refractivity contribution < 1.29 is 38.2 Å². The van der Waals surface area contributed by atoms with Gasteiger partial charge in [-0.15, -0.1) is 0 Å². The summed E-state index contributed by atoms with van der Waals surface area (Å²) < 4.78 is 17.8. The predicted octanol–water partition coefficient (Wildman–Crippen LogP) is 5.01. The lowest BCUT2D eigenvalue weighted by atomic mass is 9.89. The molecule has 0 spiro atoms. The zero-order valence-corrected chi connectivity index (χ0v) is 38.1. The normalized spacial score (nSPS) is 21.9. The number of hydrogen-bond acceptors (Lipinski definition) is 9. The summed E-state index contributed by atoms with van der Waals surface area (Å²) in [6.45, 7) is 18.8. The fourth-order valence-electron chi connectivity index (χ4n) is 8.50. The highest BCUT2D eigenvalue weighted by molar-refractivity contribution is 6.31. The molecular formula is C44H72ClN5O8. The highest BCUT2D eigenvalue weighted by atomic mass is 35.5. The van der Waals surface area contributed by atoms with Gasteiger partial charge in [-0.05, 0) is 76.0 Å². The lowest BCUT2D eigenvalue weighted by Crippen LogP contribution is -2.59. The van der Waals surface area contributed by atoms with Gasteiger partial charge in [-0.1, -0.05) is 84.7 Å². The van der Waals surface area contributed by atoms with E-state index in [0.717, 1.165) is 12.8 Å². The number of esters is 1. The third kappa shape index (κ3) is 12.4. The van der Waals surface area contributed by atoms with Crippen LogP contribution in [0.5, 0.6) is 0 Å². The molecule has 2 fully saturated rings. The molecule has 328 valence electrons. The minimum atomic E-state index is -1.01. The molecule has 1 heterocycles. The van der Waals surface area contributed by atoms with Crippen LogP contribution < -0.4 is 16.0 Å². The molecule has 1 saturated carbocycles. The number of nitrogens with one attached hydrogen (secondary N) is 3. The Balaban J connectivity index is 1.84. The van der Waals surface area contributed by atoms with Crippen molar-refractivity contribution in [2.45, 2.75) is 155 Å². The van der Waals surface area contributed by atoms with Crippen LogP contribution >= 0.6 is 11.6 Å². The maximum absolute atomic E-state index is 14.5. The van der Waals surface area contributed by atoms with Crippen LogP contribution in [0.15, 0.2) is 24.3 Å². The van der Waals surface area contributed by atoms with E-state index in [2.05, 4.69) is 16.0 Å². The molecule has 0 radical (unpaired) electrons. The fraction of sp³-hybridized carbons (Fsp3) is 0.750. The molecule has 11 atom stereocenters. The van der Waals surface area contributed by atoms with E-state index < -0.39 is 65.8 Å². The van der Waals surface area contributed by atoms with E-state index in [1.165, 1.54) is 7.11 Å². The lowest BCUT2D eigenvalue weighted by Gasteiger charge is -2.41. The molecule has 58 heavy (non-hydrogen) atoms. The number of nitrogens with zero attached hydrogens (tertiary/aromatic N) is 2. The molecule has 1 aliphatic heterocycles. The molecule has 1 aromatic carbocycles. The second-order valence-electron chi connectivity index (χ2n) is 18.1. The van der Waals surface area contributed by atoms with Crippen molar-refractivity contribution in [3.05, 3.63) is 34.9 Å². The molecule has 4 amide bonds. The molecule has 3 N–H and O–H groups in total.